The van der Waals surface area contributed by atoms with Crippen LogP contribution in [0.15, 0.2) is 6.33 Å². The van der Waals surface area contributed by atoms with Crippen molar-refractivity contribution in [3.63, 3.8) is 0 Å². The Hall–Kier alpha value is -0.870. The predicted molar refractivity (Wildman–Crippen MR) is 70.5 cm³/mol. The van der Waals surface area contributed by atoms with Gasteiger partial charge in [0.25, 0.3) is 0 Å². The van der Waals surface area contributed by atoms with Gasteiger partial charge in [-0.15, -0.1) is 0 Å². The average molecular weight is 255 g/mol. The van der Waals surface area contributed by atoms with E-state index in [1.807, 2.05) is 6.92 Å². The lowest BCUT2D eigenvalue weighted by molar-refractivity contribution is 0.217. The summed E-state index contributed by atoms with van der Waals surface area (Å²) in [7, 11) is 2.18. The molecule has 2 heterocycles. The molecular formula is C12H19ClN4. The van der Waals surface area contributed by atoms with Crippen LogP contribution in [0.2, 0.25) is 5.15 Å². The lowest BCUT2D eigenvalue weighted by atomic mass is 9.98. The number of piperidine rings is 1. The smallest absolute Gasteiger partial charge is 0.137 e. The molecule has 1 N–H and O–H groups in total. The number of anilines is 1. The maximum atomic E-state index is 5.96. The van der Waals surface area contributed by atoms with E-state index in [0.717, 1.165) is 24.5 Å². The highest BCUT2D eigenvalue weighted by Crippen LogP contribution is 2.20. The lowest BCUT2D eigenvalue weighted by Gasteiger charge is -2.29. The molecular weight excluding hydrogens is 236 g/mol. The molecule has 1 fully saturated rings. The number of halogens is 1. The van der Waals surface area contributed by atoms with Crippen LogP contribution in [0.3, 0.4) is 0 Å². The largest absolute Gasteiger partial charge is 0.369 e. The summed E-state index contributed by atoms with van der Waals surface area (Å²) in [6, 6.07) is 0. The van der Waals surface area contributed by atoms with Crippen LogP contribution in [-0.4, -0.2) is 41.5 Å². The van der Waals surface area contributed by atoms with Crippen LogP contribution in [-0.2, 0) is 0 Å². The van der Waals surface area contributed by atoms with Gasteiger partial charge in [-0.1, -0.05) is 11.6 Å². The van der Waals surface area contributed by atoms with Crippen molar-refractivity contribution in [2.45, 2.75) is 19.8 Å². The van der Waals surface area contributed by atoms with E-state index in [4.69, 9.17) is 11.6 Å². The second-order valence-electron chi connectivity index (χ2n) is 4.79. The number of likely N-dealkylation sites (tertiary alicyclic amines) is 1. The maximum absolute atomic E-state index is 5.96. The molecule has 1 unspecified atom stereocenters. The standard InChI is InChI=1S/C12H19ClN4/c1-9-11(13)15-8-16-12(9)14-6-10-4-3-5-17(2)7-10/h8,10H,3-7H2,1-2H3,(H,14,15,16). The number of hydrogen-bond donors (Lipinski definition) is 1. The summed E-state index contributed by atoms with van der Waals surface area (Å²) in [6.07, 6.45) is 4.08. The van der Waals surface area contributed by atoms with Crippen LogP contribution < -0.4 is 5.32 Å². The quantitative estimate of drug-likeness (QED) is 0.840. The van der Waals surface area contributed by atoms with Gasteiger partial charge in [-0.3, -0.25) is 0 Å². The van der Waals surface area contributed by atoms with Gasteiger partial charge < -0.3 is 10.2 Å². The van der Waals surface area contributed by atoms with Crippen molar-refractivity contribution in [2.75, 3.05) is 32.0 Å². The molecule has 1 saturated heterocycles. The predicted octanol–water partition coefficient (Wildman–Crippen LogP) is 2.19. The minimum absolute atomic E-state index is 0.531. The third-order valence-corrected chi connectivity index (χ3v) is 3.68. The van der Waals surface area contributed by atoms with Crippen molar-refractivity contribution >= 4 is 17.4 Å². The van der Waals surface area contributed by atoms with Crippen LogP contribution in [0.25, 0.3) is 0 Å². The minimum atomic E-state index is 0.531. The number of nitrogens with one attached hydrogen (secondary N) is 1. The van der Waals surface area contributed by atoms with Gasteiger partial charge >= 0.3 is 0 Å². The molecule has 0 amide bonds. The van der Waals surface area contributed by atoms with Gasteiger partial charge in [0.1, 0.15) is 17.3 Å². The third-order valence-electron chi connectivity index (χ3n) is 3.30. The summed E-state index contributed by atoms with van der Waals surface area (Å²) >= 11 is 5.96. The molecule has 1 aromatic heterocycles. The van der Waals surface area contributed by atoms with E-state index >= 15 is 0 Å². The van der Waals surface area contributed by atoms with Gasteiger partial charge in [-0.05, 0) is 39.3 Å². The summed E-state index contributed by atoms with van der Waals surface area (Å²) in [5, 5.41) is 3.91. The topological polar surface area (TPSA) is 41.1 Å². The van der Waals surface area contributed by atoms with E-state index in [1.165, 1.54) is 25.7 Å². The molecule has 1 aromatic rings. The molecule has 17 heavy (non-hydrogen) atoms. The van der Waals surface area contributed by atoms with Gasteiger partial charge in [0.2, 0.25) is 0 Å². The fraction of sp³-hybridized carbons (Fsp3) is 0.667. The van der Waals surface area contributed by atoms with E-state index in [0.29, 0.717) is 11.1 Å². The highest BCUT2D eigenvalue weighted by Gasteiger charge is 2.17. The summed E-state index contributed by atoms with van der Waals surface area (Å²) < 4.78 is 0. The molecule has 1 atom stereocenters. The van der Waals surface area contributed by atoms with Gasteiger partial charge in [-0.2, -0.15) is 0 Å². The van der Waals surface area contributed by atoms with Crippen molar-refractivity contribution < 1.29 is 0 Å². The van der Waals surface area contributed by atoms with Gasteiger partial charge in [-0.25, -0.2) is 9.97 Å². The zero-order valence-electron chi connectivity index (χ0n) is 10.4. The molecule has 1 aliphatic rings. The molecule has 0 bridgehead atoms. The van der Waals surface area contributed by atoms with Crippen molar-refractivity contribution in [1.82, 2.24) is 14.9 Å². The monoisotopic (exact) mass is 254 g/mol. The molecule has 0 saturated carbocycles. The summed E-state index contributed by atoms with van der Waals surface area (Å²) in [5.41, 5.74) is 0.929. The molecule has 0 aromatic carbocycles. The second-order valence-corrected chi connectivity index (χ2v) is 5.15. The van der Waals surface area contributed by atoms with Gasteiger partial charge in [0, 0.05) is 18.7 Å². The number of rotatable bonds is 3. The number of nitrogens with zero attached hydrogens (tertiary/aromatic N) is 3. The van der Waals surface area contributed by atoms with Gasteiger partial charge in [0.15, 0.2) is 0 Å². The summed E-state index contributed by atoms with van der Waals surface area (Å²) in [5.74, 6) is 1.56. The zero-order chi connectivity index (χ0) is 12.3. The molecule has 2 rings (SSSR count). The lowest BCUT2D eigenvalue weighted by Crippen LogP contribution is -2.35. The van der Waals surface area contributed by atoms with Crippen LogP contribution >= 0.6 is 11.6 Å². The molecule has 94 valence electrons. The Labute approximate surface area is 107 Å². The first-order valence-electron chi connectivity index (χ1n) is 6.06. The molecule has 5 heteroatoms. The first-order valence-corrected chi connectivity index (χ1v) is 6.44. The Morgan fingerprint density at radius 2 is 2.35 bits per heavy atom. The van der Waals surface area contributed by atoms with Crippen LogP contribution in [0, 0.1) is 12.8 Å². The fourth-order valence-electron chi connectivity index (χ4n) is 2.29. The molecule has 0 radical (unpaired) electrons. The van der Waals surface area contributed by atoms with Crippen LogP contribution in [0.1, 0.15) is 18.4 Å². The SMILES string of the molecule is Cc1c(Cl)ncnc1NCC1CCCN(C)C1. The third kappa shape index (κ3) is 3.30. The molecule has 0 spiro atoms. The Morgan fingerprint density at radius 1 is 1.53 bits per heavy atom. The Kier molecular flexibility index (Phi) is 4.18. The summed E-state index contributed by atoms with van der Waals surface area (Å²) in [6.45, 7) is 5.27. The highest BCUT2D eigenvalue weighted by atomic mass is 35.5. The Bertz CT molecular complexity index is 383. The molecule has 4 nitrogen and oxygen atoms in total. The first kappa shape index (κ1) is 12.6. The van der Waals surface area contributed by atoms with E-state index < -0.39 is 0 Å². The van der Waals surface area contributed by atoms with Crippen LogP contribution in [0.5, 0.6) is 0 Å². The average Bonchev–Trinajstić information content (AvgIpc) is 2.31. The Morgan fingerprint density at radius 3 is 3.12 bits per heavy atom. The van der Waals surface area contributed by atoms with Crippen molar-refractivity contribution in [1.29, 1.82) is 0 Å². The normalized spacial score (nSPS) is 21.5. The summed E-state index contributed by atoms with van der Waals surface area (Å²) in [4.78, 5) is 10.6. The number of aromatic nitrogens is 2. The van der Waals surface area contributed by atoms with E-state index in [1.54, 1.807) is 0 Å². The first-order chi connectivity index (χ1) is 8.16. The van der Waals surface area contributed by atoms with Crippen LogP contribution in [0.4, 0.5) is 5.82 Å². The second kappa shape index (κ2) is 5.65. The molecule has 1 aliphatic heterocycles. The van der Waals surface area contributed by atoms with Crippen molar-refractivity contribution in [3.8, 4) is 0 Å². The molecule has 0 aliphatic carbocycles. The maximum Gasteiger partial charge on any atom is 0.137 e. The fourth-order valence-corrected chi connectivity index (χ4v) is 2.42. The van der Waals surface area contributed by atoms with Crippen molar-refractivity contribution in [3.05, 3.63) is 17.0 Å². The zero-order valence-corrected chi connectivity index (χ0v) is 11.2. The van der Waals surface area contributed by atoms with E-state index in [-0.39, 0.29) is 0 Å². The minimum Gasteiger partial charge on any atom is -0.369 e. The number of hydrogen-bond acceptors (Lipinski definition) is 4. The van der Waals surface area contributed by atoms with Crippen molar-refractivity contribution in [2.24, 2.45) is 5.92 Å². The highest BCUT2D eigenvalue weighted by molar-refractivity contribution is 6.30. The van der Waals surface area contributed by atoms with Gasteiger partial charge in [0.05, 0.1) is 0 Å². The van der Waals surface area contributed by atoms with E-state index in [2.05, 4.69) is 27.2 Å². The van der Waals surface area contributed by atoms with E-state index in [9.17, 15) is 0 Å². The Balaban J connectivity index is 1.91.